The van der Waals surface area contributed by atoms with Gasteiger partial charge in [-0.25, -0.2) is 4.68 Å². The van der Waals surface area contributed by atoms with Crippen LogP contribution in [0.2, 0.25) is 25.7 Å². The SMILES string of the molecule is C[Si](C)(C)CCOCn1nc(CCc2ccncc2)c2ccc(/C=C3\C(=O)Nc4ccccc43)cc21. The Labute approximate surface area is 213 Å². The van der Waals surface area contributed by atoms with Gasteiger partial charge in [0.05, 0.1) is 11.2 Å². The second-order valence-corrected chi connectivity index (χ2v) is 16.1. The van der Waals surface area contributed by atoms with Gasteiger partial charge in [-0.1, -0.05) is 50.0 Å². The van der Waals surface area contributed by atoms with E-state index < -0.39 is 8.07 Å². The lowest BCUT2D eigenvalue weighted by Gasteiger charge is -2.15. The van der Waals surface area contributed by atoms with Gasteiger partial charge in [-0.15, -0.1) is 0 Å². The first-order chi connectivity index (χ1) is 17.4. The first-order valence-electron chi connectivity index (χ1n) is 12.5. The van der Waals surface area contributed by atoms with E-state index in [1.54, 1.807) is 0 Å². The molecule has 184 valence electrons. The minimum absolute atomic E-state index is 0.0717. The number of ether oxygens (including phenoxy) is 1. The van der Waals surface area contributed by atoms with Crippen LogP contribution in [0.1, 0.15) is 22.4 Å². The normalized spacial score (nSPS) is 14.4. The minimum Gasteiger partial charge on any atom is -0.360 e. The highest BCUT2D eigenvalue weighted by atomic mass is 28.3. The fourth-order valence-corrected chi connectivity index (χ4v) is 5.18. The van der Waals surface area contributed by atoms with Crippen LogP contribution in [0.5, 0.6) is 0 Å². The number of hydrogen-bond donors (Lipinski definition) is 1. The van der Waals surface area contributed by atoms with Crippen LogP contribution in [0.25, 0.3) is 22.6 Å². The number of nitrogens with one attached hydrogen (secondary N) is 1. The van der Waals surface area contributed by atoms with Crippen molar-refractivity contribution in [3.05, 3.63) is 89.4 Å². The average Bonchev–Trinajstić information content (AvgIpc) is 3.37. The number of carbonyl (C=O) groups excluding carboxylic acids is 1. The second kappa shape index (κ2) is 10.2. The number of fused-ring (bicyclic) bond motifs is 2. The zero-order valence-electron chi connectivity index (χ0n) is 21.1. The van der Waals surface area contributed by atoms with Crippen molar-refractivity contribution in [2.75, 3.05) is 11.9 Å². The molecule has 1 aliphatic rings. The largest absolute Gasteiger partial charge is 0.360 e. The van der Waals surface area contributed by atoms with Crippen molar-refractivity contribution in [1.29, 1.82) is 0 Å². The highest BCUT2D eigenvalue weighted by Crippen LogP contribution is 2.33. The predicted octanol–water partition coefficient (Wildman–Crippen LogP) is 6.02. The Bertz CT molecular complexity index is 1420. The van der Waals surface area contributed by atoms with Crippen LogP contribution in [-0.2, 0) is 29.1 Å². The number of aryl methyl sites for hydroxylation is 2. The zero-order valence-corrected chi connectivity index (χ0v) is 22.1. The van der Waals surface area contributed by atoms with Crippen molar-refractivity contribution in [3.63, 3.8) is 0 Å². The van der Waals surface area contributed by atoms with Crippen molar-refractivity contribution < 1.29 is 9.53 Å². The number of amides is 1. The number of nitrogens with zero attached hydrogens (tertiary/aromatic N) is 3. The van der Waals surface area contributed by atoms with E-state index in [2.05, 4.69) is 48.1 Å². The average molecular weight is 497 g/mol. The molecule has 7 heteroatoms. The fourth-order valence-electron chi connectivity index (χ4n) is 4.42. The summed E-state index contributed by atoms with van der Waals surface area (Å²) >= 11 is 0. The molecule has 36 heavy (non-hydrogen) atoms. The van der Waals surface area contributed by atoms with Crippen molar-refractivity contribution >= 4 is 42.2 Å². The van der Waals surface area contributed by atoms with Crippen LogP contribution in [0.15, 0.2) is 67.0 Å². The molecule has 1 N–H and O–H groups in total. The summed E-state index contributed by atoms with van der Waals surface area (Å²) in [7, 11) is -1.16. The highest BCUT2D eigenvalue weighted by molar-refractivity contribution is 6.76. The third kappa shape index (κ3) is 5.47. The van der Waals surface area contributed by atoms with Crippen LogP contribution in [0.4, 0.5) is 5.69 Å². The highest BCUT2D eigenvalue weighted by Gasteiger charge is 2.23. The quantitative estimate of drug-likeness (QED) is 0.175. The molecule has 0 atom stereocenters. The molecule has 0 saturated carbocycles. The summed E-state index contributed by atoms with van der Waals surface area (Å²) in [5, 5.41) is 9.02. The summed E-state index contributed by atoms with van der Waals surface area (Å²) in [6, 6.07) is 19.3. The Morgan fingerprint density at radius 2 is 1.83 bits per heavy atom. The summed E-state index contributed by atoms with van der Waals surface area (Å²) in [6.07, 6.45) is 7.35. The summed E-state index contributed by atoms with van der Waals surface area (Å²) < 4.78 is 8.03. The van der Waals surface area contributed by atoms with E-state index in [0.29, 0.717) is 12.3 Å². The Morgan fingerprint density at radius 3 is 2.64 bits per heavy atom. The van der Waals surface area contributed by atoms with Gasteiger partial charge in [0.1, 0.15) is 6.73 Å². The van der Waals surface area contributed by atoms with Gasteiger partial charge in [-0.3, -0.25) is 9.78 Å². The first-order valence-corrected chi connectivity index (χ1v) is 16.2. The van der Waals surface area contributed by atoms with Gasteiger partial charge in [0.2, 0.25) is 0 Å². The van der Waals surface area contributed by atoms with Gasteiger partial charge in [-0.05, 0) is 60.4 Å². The monoisotopic (exact) mass is 496 g/mol. The molecule has 2 aromatic carbocycles. The molecule has 0 radical (unpaired) electrons. The Kier molecular flexibility index (Phi) is 6.85. The van der Waals surface area contributed by atoms with Crippen LogP contribution < -0.4 is 5.32 Å². The first kappa shape index (κ1) is 24.2. The van der Waals surface area contributed by atoms with Crippen molar-refractivity contribution in [2.24, 2.45) is 0 Å². The molecule has 1 aliphatic heterocycles. The van der Waals surface area contributed by atoms with Crippen LogP contribution in [-0.4, -0.2) is 35.4 Å². The maximum atomic E-state index is 12.6. The number of anilines is 1. The lowest BCUT2D eigenvalue weighted by atomic mass is 10.0. The number of hydrogen-bond acceptors (Lipinski definition) is 4. The van der Waals surface area contributed by atoms with Gasteiger partial charge in [0.25, 0.3) is 5.91 Å². The van der Waals surface area contributed by atoms with Gasteiger partial charge in [0.15, 0.2) is 0 Å². The number of aromatic nitrogens is 3. The van der Waals surface area contributed by atoms with E-state index in [1.165, 1.54) is 5.56 Å². The molecule has 4 aromatic rings. The molecule has 6 nitrogen and oxygen atoms in total. The van der Waals surface area contributed by atoms with Gasteiger partial charge in [-0.2, -0.15) is 5.10 Å². The minimum atomic E-state index is -1.16. The number of carbonyl (C=O) groups is 1. The predicted molar refractivity (Wildman–Crippen MR) is 148 cm³/mol. The lowest BCUT2D eigenvalue weighted by molar-refractivity contribution is -0.110. The number of benzene rings is 2. The maximum absolute atomic E-state index is 12.6. The van der Waals surface area contributed by atoms with Crippen LogP contribution in [0, 0.1) is 0 Å². The molecule has 0 fully saturated rings. The van der Waals surface area contributed by atoms with Gasteiger partial charge in [0, 0.05) is 49.3 Å². The topological polar surface area (TPSA) is 69.0 Å². The summed E-state index contributed by atoms with van der Waals surface area (Å²) in [4.78, 5) is 16.7. The van der Waals surface area contributed by atoms with Crippen LogP contribution >= 0.6 is 0 Å². The molecule has 1 amide bonds. The number of rotatable bonds is 9. The molecule has 0 spiro atoms. The van der Waals surface area contributed by atoms with Crippen molar-refractivity contribution in [1.82, 2.24) is 14.8 Å². The summed E-state index contributed by atoms with van der Waals surface area (Å²) in [5.41, 5.74) is 6.75. The van der Waals surface area contributed by atoms with E-state index in [0.717, 1.165) is 58.9 Å². The molecule has 0 bridgehead atoms. The fraction of sp³-hybridized carbons (Fsp3) is 0.276. The van der Waals surface area contributed by atoms with Gasteiger partial charge >= 0.3 is 0 Å². The molecule has 0 unspecified atom stereocenters. The van der Waals surface area contributed by atoms with Crippen LogP contribution in [0.3, 0.4) is 0 Å². The molecular weight excluding hydrogens is 464 g/mol. The van der Waals surface area contributed by atoms with Crippen molar-refractivity contribution in [2.45, 2.75) is 45.3 Å². The Morgan fingerprint density at radius 1 is 1.03 bits per heavy atom. The molecule has 0 aliphatic carbocycles. The number of para-hydroxylation sites is 1. The molecule has 5 rings (SSSR count). The number of pyridine rings is 1. The zero-order chi connectivity index (χ0) is 25.1. The van der Waals surface area contributed by atoms with Gasteiger partial charge < -0.3 is 10.1 Å². The molecule has 2 aromatic heterocycles. The molecule has 0 saturated heterocycles. The lowest BCUT2D eigenvalue weighted by Crippen LogP contribution is -2.22. The Hall–Kier alpha value is -3.55. The van der Waals surface area contributed by atoms with Crippen molar-refractivity contribution in [3.8, 4) is 0 Å². The third-order valence-electron chi connectivity index (χ3n) is 6.48. The Balaban J connectivity index is 1.45. The molecule has 3 heterocycles. The second-order valence-electron chi connectivity index (χ2n) is 10.5. The van der Waals surface area contributed by atoms with E-state index in [1.807, 2.05) is 59.5 Å². The summed E-state index contributed by atoms with van der Waals surface area (Å²) in [5.74, 6) is -0.0717. The van der Waals surface area contributed by atoms with E-state index in [4.69, 9.17) is 9.84 Å². The summed E-state index contributed by atoms with van der Waals surface area (Å²) in [6.45, 7) is 8.22. The third-order valence-corrected chi connectivity index (χ3v) is 8.19. The van der Waals surface area contributed by atoms with E-state index >= 15 is 0 Å². The smallest absolute Gasteiger partial charge is 0.256 e. The van der Waals surface area contributed by atoms with E-state index in [9.17, 15) is 4.79 Å². The standard InChI is InChI=1S/C29H32N4O2Si/c1-36(2,3)17-16-35-20-33-28-19-22(18-25-23-6-4-5-7-26(23)31-29(25)34)8-10-24(28)27(32-33)11-9-21-12-14-30-15-13-21/h4-8,10,12-15,18-19H,9,11,16-17,20H2,1-3H3,(H,31,34)/b25-18-. The van der Waals surface area contributed by atoms with E-state index in [-0.39, 0.29) is 5.91 Å². The maximum Gasteiger partial charge on any atom is 0.256 e. The molecular formula is C29H32N4O2Si.